The number of rotatable bonds is 4. The molecule has 0 aliphatic heterocycles. The molecule has 0 unspecified atom stereocenters. The first-order chi connectivity index (χ1) is 5.13. The van der Waals surface area contributed by atoms with Crippen molar-refractivity contribution >= 4 is 5.90 Å². The molecule has 0 aliphatic rings. The zero-order valence-corrected chi connectivity index (χ0v) is 7.61. The Kier molecular flexibility index (Phi) is 5.53. The van der Waals surface area contributed by atoms with E-state index in [4.69, 9.17) is 10.1 Å². The van der Waals surface area contributed by atoms with Crippen LogP contribution in [0.1, 0.15) is 33.6 Å². The fourth-order valence-corrected chi connectivity index (χ4v) is 0.699. The minimum Gasteiger partial charge on any atom is -0.481 e. The standard InChI is InChI=1S/C9H17NO/c1-8(2)6-4-5-7-11-9(3)10/h6,10H,4-5,7H2,1-3H3. The van der Waals surface area contributed by atoms with Crippen LogP contribution in [0.25, 0.3) is 0 Å². The van der Waals surface area contributed by atoms with Crippen molar-refractivity contribution in [1.82, 2.24) is 0 Å². The van der Waals surface area contributed by atoms with Gasteiger partial charge in [0, 0.05) is 6.92 Å². The third-order valence-corrected chi connectivity index (χ3v) is 1.22. The second kappa shape index (κ2) is 5.96. The van der Waals surface area contributed by atoms with E-state index in [0.717, 1.165) is 12.8 Å². The quantitative estimate of drug-likeness (QED) is 0.288. The van der Waals surface area contributed by atoms with Crippen molar-refractivity contribution in [3.8, 4) is 0 Å². The second-order valence-corrected chi connectivity index (χ2v) is 2.83. The van der Waals surface area contributed by atoms with Gasteiger partial charge in [0.25, 0.3) is 0 Å². The van der Waals surface area contributed by atoms with E-state index >= 15 is 0 Å². The predicted octanol–water partition coefficient (Wildman–Crippen LogP) is 2.75. The first kappa shape index (κ1) is 10.2. The Balaban J connectivity index is 3.15. The van der Waals surface area contributed by atoms with Gasteiger partial charge >= 0.3 is 0 Å². The van der Waals surface area contributed by atoms with Gasteiger partial charge < -0.3 is 4.74 Å². The van der Waals surface area contributed by atoms with E-state index in [0.29, 0.717) is 12.5 Å². The van der Waals surface area contributed by atoms with Gasteiger partial charge in [-0.05, 0) is 26.7 Å². The summed E-state index contributed by atoms with van der Waals surface area (Å²) < 4.78 is 4.98. The van der Waals surface area contributed by atoms with Gasteiger partial charge in [-0.15, -0.1) is 0 Å². The summed E-state index contributed by atoms with van der Waals surface area (Å²) in [6.45, 7) is 6.49. The Morgan fingerprint density at radius 3 is 2.45 bits per heavy atom. The van der Waals surface area contributed by atoms with Crippen LogP contribution in [0, 0.1) is 5.41 Å². The number of hydrogen-bond donors (Lipinski definition) is 1. The molecule has 64 valence electrons. The minimum atomic E-state index is 0.308. The van der Waals surface area contributed by atoms with Crippen molar-refractivity contribution in [3.05, 3.63) is 11.6 Å². The Morgan fingerprint density at radius 2 is 2.00 bits per heavy atom. The summed E-state index contributed by atoms with van der Waals surface area (Å²) in [5.41, 5.74) is 1.34. The van der Waals surface area contributed by atoms with Crippen LogP contribution in [0.4, 0.5) is 0 Å². The van der Waals surface area contributed by atoms with Crippen molar-refractivity contribution in [3.63, 3.8) is 0 Å². The van der Waals surface area contributed by atoms with Crippen LogP contribution in [0.2, 0.25) is 0 Å². The molecule has 2 nitrogen and oxygen atoms in total. The van der Waals surface area contributed by atoms with E-state index in [1.54, 1.807) is 6.92 Å². The van der Waals surface area contributed by atoms with Gasteiger partial charge in [0.05, 0.1) is 6.61 Å². The molecular formula is C9H17NO. The number of hydrogen-bond acceptors (Lipinski definition) is 2. The molecule has 0 radical (unpaired) electrons. The third-order valence-electron chi connectivity index (χ3n) is 1.22. The van der Waals surface area contributed by atoms with Gasteiger partial charge in [0.15, 0.2) is 5.90 Å². The monoisotopic (exact) mass is 155 g/mol. The molecule has 2 heteroatoms. The van der Waals surface area contributed by atoms with Crippen LogP contribution < -0.4 is 0 Å². The maximum Gasteiger partial charge on any atom is 0.177 e. The fourth-order valence-electron chi connectivity index (χ4n) is 0.699. The highest BCUT2D eigenvalue weighted by atomic mass is 16.5. The molecule has 0 aromatic rings. The van der Waals surface area contributed by atoms with Gasteiger partial charge in [-0.3, -0.25) is 5.41 Å². The summed E-state index contributed by atoms with van der Waals surface area (Å²) in [5.74, 6) is 0.308. The van der Waals surface area contributed by atoms with E-state index < -0.39 is 0 Å². The lowest BCUT2D eigenvalue weighted by molar-refractivity contribution is 0.294. The van der Waals surface area contributed by atoms with E-state index in [1.807, 2.05) is 0 Å². The number of nitrogens with one attached hydrogen (secondary N) is 1. The number of unbranched alkanes of at least 4 members (excludes halogenated alkanes) is 1. The molecule has 0 aromatic carbocycles. The zero-order chi connectivity index (χ0) is 8.69. The maximum atomic E-state index is 6.98. The molecule has 0 heterocycles. The van der Waals surface area contributed by atoms with Crippen LogP contribution in [-0.4, -0.2) is 12.5 Å². The van der Waals surface area contributed by atoms with Crippen molar-refractivity contribution in [2.24, 2.45) is 0 Å². The SMILES string of the molecule is CC(=N)OCCCC=C(C)C. The number of ether oxygens (including phenoxy) is 1. The molecule has 0 saturated carbocycles. The van der Waals surface area contributed by atoms with Gasteiger partial charge in [-0.1, -0.05) is 11.6 Å². The highest BCUT2D eigenvalue weighted by Gasteiger charge is 1.87. The van der Waals surface area contributed by atoms with Crippen LogP contribution in [0.15, 0.2) is 11.6 Å². The lowest BCUT2D eigenvalue weighted by Gasteiger charge is -2.00. The summed E-state index contributed by atoms with van der Waals surface area (Å²) in [6.07, 6.45) is 4.24. The summed E-state index contributed by atoms with van der Waals surface area (Å²) in [4.78, 5) is 0. The molecule has 0 amide bonds. The third kappa shape index (κ3) is 9.21. The average molecular weight is 155 g/mol. The van der Waals surface area contributed by atoms with Crippen LogP contribution in [0.3, 0.4) is 0 Å². The van der Waals surface area contributed by atoms with Gasteiger partial charge in [-0.25, -0.2) is 0 Å². The van der Waals surface area contributed by atoms with E-state index in [-0.39, 0.29) is 0 Å². The zero-order valence-electron chi connectivity index (χ0n) is 7.61. The first-order valence-corrected chi connectivity index (χ1v) is 3.94. The Hall–Kier alpha value is -0.790. The molecule has 0 spiro atoms. The van der Waals surface area contributed by atoms with Gasteiger partial charge in [0.2, 0.25) is 0 Å². The molecule has 0 aliphatic carbocycles. The van der Waals surface area contributed by atoms with Gasteiger partial charge in [-0.2, -0.15) is 0 Å². The molecular weight excluding hydrogens is 138 g/mol. The molecule has 0 bridgehead atoms. The molecule has 1 N–H and O–H groups in total. The number of allylic oxidation sites excluding steroid dienone is 2. The van der Waals surface area contributed by atoms with E-state index in [9.17, 15) is 0 Å². The van der Waals surface area contributed by atoms with Gasteiger partial charge in [0.1, 0.15) is 0 Å². The molecule has 0 fully saturated rings. The molecule has 0 saturated heterocycles. The summed E-state index contributed by atoms with van der Waals surface area (Å²) in [7, 11) is 0. The second-order valence-electron chi connectivity index (χ2n) is 2.83. The Labute approximate surface area is 68.8 Å². The molecule has 11 heavy (non-hydrogen) atoms. The lowest BCUT2D eigenvalue weighted by Crippen LogP contribution is -1.98. The van der Waals surface area contributed by atoms with Crippen molar-refractivity contribution in [2.75, 3.05) is 6.61 Å². The smallest absolute Gasteiger partial charge is 0.177 e. The van der Waals surface area contributed by atoms with E-state index in [2.05, 4.69) is 19.9 Å². The van der Waals surface area contributed by atoms with Crippen molar-refractivity contribution < 1.29 is 4.74 Å². The summed E-state index contributed by atoms with van der Waals surface area (Å²) in [5, 5.41) is 6.98. The highest BCUT2D eigenvalue weighted by molar-refractivity contribution is 5.69. The largest absolute Gasteiger partial charge is 0.481 e. The van der Waals surface area contributed by atoms with Crippen LogP contribution in [-0.2, 0) is 4.74 Å². The highest BCUT2D eigenvalue weighted by Crippen LogP contribution is 1.97. The maximum absolute atomic E-state index is 6.98. The summed E-state index contributed by atoms with van der Waals surface area (Å²) >= 11 is 0. The predicted molar refractivity (Wildman–Crippen MR) is 48.0 cm³/mol. The summed E-state index contributed by atoms with van der Waals surface area (Å²) in [6, 6.07) is 0. The lowest BCUT2D eigenvalue weighted by atomic mass is 10.2. The normalized spacial score (nSPS) is 9.00. The minimum absolute atomic E-state index is 0.308. The van der Waals surface area contributed by atoms with Crippen LogP contribution >= 0.6 is 0 Å². The molecule has 0 rings (SSSR count). The Bertz CT molecular complexity index is 146. The average Bonchev–Trinajstić information content (AvgIpc) is 1.85. The van der Waals surface area contributed by atoms with E-state index in [1.165, 1.54) is 5.57 Å². The Morgan fingerprint density at radius 1 is 1.36 bits per heavy atom. The molecule has 0 atom stereocenters. The van der Waals surface area contributed by atoms with Crippen molar-refractivity contribution in [1.29, 1.82) is 5.41 Å². The first-order valence-electron chi connectivity index (χ1n) is 3.94. The fraction of sp³-hybridized carbons (Fsp3) is 0.667. The van der Waals surface area contributed by atoms with Crippen LogP contribution in [0.5, 0.6) is 0 Å². The van der Waals surface area contributed by atoms with Crippen molar-refractivity contribution in [2.45, 2.75) is 33.6 Å². The topological polar surface area (TPSA) is 33.1 Å². The molecule has 0 aromatic heterocycles.